The van der Waals surface area contributed by atoms with Crippen molar-refractivity contribution in [2.24, 2.45) is 5.73 Å². The third-order valence-electron chi connectivity index (χ3n) is 2.71. The van der Waals surface area contributed by atoms with Crippen LogP contribution in [0.2, 0.25) is 0 Å². The molecule has 1 atom stereocenters. The van der Waals surface area contributed by atoms with Crippen molar-refractivity contribution in [3.8, 4) is 0 Å². The predicted octanol–water partition coefficient (Wildman–Crippen LogP) is 1.68. The Bertz CT molecular complexity index is 355. The van der Waals surface area contributed by atoms with Crippen LogP contribution in [0.3, 0.4) is 0 Å². The normalized spacial score (nSPS) is 13.3. The van der Waals surface area contributed by atoms with Gasteiger partial charge in [0, 0.05) is 18.9 Å². The molecule has 1 rings (SSSR count). The first-order valence-corrected chi connectivity index (χ1v) is 6.02. The van der Waals surface area contributed by atoms with Gasteiger partial charge in [-0.1, -0.05) is 19.4 Å². The van der Waals surface area contributed by atoms with Crippen molar-refractivity contribution in [2.45, 2.75) is 38.6 Å². The van der Waals surface area contributed by atoms with Crippen LogP contribution in [0, 0.1) is 0 Å². The van der Waals surface area contributed by atoms with Gasteiger partial charge in [-0.05, 0) is 31.4 Å². The number of nitrogens with zero attached hydrogens (tertiary/aromatic N) is 1. The highest BCUT2D eigenvalue weighted by molar-refractivity contribution is 5.85. The van der Waals surface area contributed by atoms with E-state index in [1.54, 1.807) is 19.3 Å². The lowest BCUT2D eigenvalue weighted by atomic mass is 9.96. The van der Waals surface area contributed by atoms with Crippen LogP contribution in [0.15, 0.2) is 24.5 Å². The van der Waals surface area contributed by atoms with Gasteiger partial charge in [0.2, 0.25) is 5.91 Å². The van der Waals surface area contributed by atoms with Gasteiger partial charge >= 0.3 is 0 Å². The zero-order chi connectivity index (χ0) is 12.7. The van der Waals surface area contributed by atoms with E-state index in [2.05, 4.69) is 10.3 Å². The number of carbonyl (C=O) groups is 1. The van der Waals surface area contributed by atoms with Gasteiger partial charge in [0.05, 0.1) is 5.54 Å². The Balaban J connectivity index is 0.00000289. The molecule has 0 aliphatic rings. The van der Waals surface area contributed by atoms with Crippen LogP contribution in [-0.4, -0.2) is 23.0 Å². The highest BCUT2D eigenvalue weighted by Gasteiger charge is 2.26. The number of pyridine rings is 1. The van der Waals surface area contributed by atoms with E-state index < -0.39 is 5.54 Å². The monoisotopic (exact) mass is 271 g/mol. The minimum atomic E-state index is -0.760. The summed E-state index contributed by atoms with van der Waals surface area (Å²) < 4.78 is 0. The Labute approximate surface area is 115 Å². The van der Waals surface area contributed by atoms with Gasteiger partial charge in [-0.2, -0.15) is 0 Å². The highest BCUT2D eigenvalue weighted by atomic mass is 35.5. The molecule has 0 spiro atoms. The second-order valence-electron chi connectivity index (χ2n) is 4.53. The Morgan fingerprint density at radius 2 is 2.28 bits per heavy atom. The van der Waals surface area contributed by atoms with Crippen molar-refractivity contribution in [3.05, 3.63) is 30.1 Å². The molecule has 0 aromatic carbocycles. The number of hydrogen-bond donors (Lipinski definition) is 2. The van der Waals surface area contributed by atoms with Crippen molar-refractivity contribution >= 4 is 18.3 Å². The molecule has 0 radical (unpaired) electrons. The number of carbonyl (C=O) groups excluding carboxylic acids is 1. The first-order valence-electron chi connectivity index (χ1n) is 6.02. The second kappa shape index (κ2) is 8.06. The number of amides is 1. The van der Waals surface area contributed by atoms with Crippen LogP contribution in [0.4, 0.5) is 0 Å². The van der Waals surface area contributed by atoms with E-state index in [9.17, 15) is 4.79 Å². The van der Waals surface area contributed by atoms with Gasteiger partial charge in [-0.3, -0.25) is 9.78 Å². The molecule has 18 heavy (non-hydrogen) atoms. The van der Waals surface area contributed by atoms with Crippen molar-refractivity contribution in [1.29, 1.82) is 0 Å². The maximum Gasteiger partial charge on any atom is 0.239 e. The average Bonchev–Trinajstić information content (AvgIpc) is 2.30. The van der Waals surface area contributed by atoms with Gasteiger partial charge in [0.15, 0.2) is 0 Å². The molecule has 0 aliphatic heterocycles. The fraction of sp³-hybridized carbons (Fsp3) is 0.538. The van der Waals surface area contributed by atoms with E-state index in [1.165, 1.54) is 0 Å². The van der Waals surface area contributed by atoms with E-state index in [0.29, 0.717) is 13.0 Å². The van der Waals surface area contributed by atoms with Crippen LogP contribution < -0.4 is 11.1 Å². The summed E-state index contributed by atoms with van der Waals surface area (Å²) in [5.74, 6) is -0.0803. The van der Waals surface area contributed by atoms with Gasteiger partial charge in [0.1, 0.15) is 0 Å². The fourth-order valence-electron chi connectivity index (χ4n) is 1.70. The molecule has 1 aromatic rings. The van der Waals surface area contributed by atoms with Crippen molar-refractivity contribution in [1.82, 2.24) is 10.3 Å². The Hall–Kier alpha value is -1.13. The van der Waals surface area contributed by atoms with Crippen LogP contribution in [0.1, 0.15) is 32.3 Å². The fourth-order valence-corrected chi connectivity index (χ4v) is 1.70. The van der Waals surface area contributed by atoms with Crippen molar-refractivity contribution in [2.75, 3.05) is 6.54 Å². The number of hydrogen-bond acceptors (Lipinski definition) is 3. The smallest absolute Gasteiger partial charge is 0.239 e. The van der Waals surface area contributed by atoms with E-state index in [-0.39, 0.29) is 18.3 Å². The standard InChI is InChI=1S/C13H21N3O.ClH/c1-3-7-13(2,14)12(17)16-9-6-11-5-4-8-15-10-11;/h4-5,8,10H,3,6-7,9,14H2,1-2H3,(H,16,17);1H. The molecule has 5 heteroatoms. The Morgan fingerprint density at radius 1 is 1.56 bits per heavy atom. The summed E-state index contributed by atoms with van der Waals surface area (Å²) in [4.78, 5) is 15.8. The largest absolute Gasteiger partial charge is 0.354 e. The topological polar surface area (TPSA) is 68.0 Å². The third kappa shape index (κ3) is 5.47. The molecule has 0 saturated carbocycles. The molecule has 1 unspecified atom stereocenters. The average molecular weight is 272 g/mol. The Kier molecular flexibility index (Phi) is 7.55. The summed E-state index contributed by atoms with van der Waals surface area (Å²) in [5.41, 5.74) is 6.28. The molecule has 4 nitrogen and oxygen atoms in total. The SMILES string of the molecule is CCCC(C)(N)C(=O)NCCc1cccnc1.Cl. The predicted molar refractivity (Wildman–Crippen MR) is 75.7 cm³/mol. The van der Waals surface area contributed by atoms with Crippen LogP contribution in [0.25, 0.3) is 0 Å². The molecule has 1 aromatic heterocycles. The van der Waals surface area contributed by atoms with Crippen LogP contribution >= 0.6 is 12.4 Å². The molecule has 102 valence electrons. The molecule has 0 aliphatic carbocycles. The highest BCUT2D eigenvalue weighted by Crippen LogP contribution is 2.08. The summed E-state index contributed by atoms with van der Waals surface area (Å²) in [7, 11) is 0. The summed E-state index contributed by atoms with van der Waals surface area (Å²) in [5, 5.41) is 2.86. The van der Waals surface area contributed by atoms with Gasteiger partial charge in [-0.15, -0.1) is 12.4 Å². The maximum atomic E-state index is 11.8. The lowest BCUT2D eigenvalue weighted by Gasteiger charge is -2.22. The van der Waals surface area contributed by atoms with Crippen molar-refractivity contribution in [3.63, 3.8) is 0 Å². The van der Waals surface area contributed by atoms with E-state index in [0.717, 1.165) is 18.4 Å². The lowest BCUT2D eigenvalue weighted by Crippen LogP contribution is -2.51. The van der Waals surface area contributed by atoms with Crippen molar-refractivity contribution < 1.29 is 4.79 Å². The Morgan fingerprint density at radius 3 is 2.83 bits per heavy atom. The maximum absolute atomic E-state index is 11.8. The number of rotatable bonds is 6. The first kappa shape index (κ1) is 16.9. The van der Waals surface area contributed by atoms with E-state index >= 15 is 0 Å². The molecule has 1 heterocycles. The molecule has 0 bridgehead atoms. The van der Waals surface area contributed by atoms with Gasteiger partial charge in [-0.25, -0.2) is 0 Å². The first-order chi connectivity index (χ1) is 8.06. The zero-order valence-electron chi connectivity index (χ0n) is 11.0. The minimum absolute atomic E-state index is 0. The number of halogens is 1. The summed E-state index contributed by atoms with van der Waals surface area (Å²) >= 11 is 0. The summed E-state index contributed by atoms with van der Waals surface area (Å²) in [6, 6.07) is 3.88. The molecular weight excluding hydrogens is 250 g/mol. The van der Waals surface area contributed by atoms with Gasteiger partial charge < -0.3 is 11.1 Å². The zero-order valence-corrected chi connectivity index (χ0v) is 11.8. The molecule has 3 N–H and O–H groups in total. The van der Waals surface area contributed by atoms with E-state index in [4.69, 9.17) is 5.73 Å². The number of aromatic nitrogens is 1. The molecule has 0 fully saturated rings. The summed E-state index contributed by atoms with van der Waals surface area (Å²) in [6.45, 7) is 4.39. The van der Waals surface area contributed by atoms with E-state index in [1.807, 2.05) is 19.1 Å². The molecular formula is C13H22ClN3O. The quantitative estimate of drug-likeness (QED) is 0.827. The molecule has 1 amide bonds. The lowest BCUT2D eigenvalue weighted by molar-refractivity contribution is -0.126. The number of nitrogens with one attached hydrogen (secondary N) is 1. The van der Waals surface area contributed by atoms with Crippen LogP contribution in [0.5, 0.6) is 0 Å². The second-order valence-corrected chi connectivity index (χ2v) is 4.53. The summed E-state index contributed by atoms with van der Waals surface area (Å²) in [6.07, 6.45) is 5.93. The number of nitrogens with two attached hydrogens (primary N) is 1. The van der Waals surface area contributed by atoms with Gasteiger partial charge in [0.25, 0.3) is 0 Å². The van der Waals surface area contributed by atoms with Crippen LogP contribution in [-0.2, 0) is 11.2 Å². The molecule has 0 saturated heterocycles. The minimum Gasteiger partial charge on any atom is -0.354 e. The third-order valence-corrected chi connectivity index (χ3v) is 2.71.